The zero-order valence-electron chi connectivity index (χ0n) is 12.1. The van der Waals surface area contributed by atoms with Crippen LogP contribution in [0.5, 0.6) is 0 Å². The first-order chi connectivity index (χ1) is 9.35. The maximum atomic E-state index is 11.3. The molecule has 0 amide bonds. The zero-order valence-corrected chi connectivity index (χ0v) is 12.9. The van der Waals surface area contributed by atoms with E-state index < -0.39 is 0 Å². The molecule has 0 spiro atoms. The first-order valence-electron chi connectivity index (χ1n) is 6.34. The third-order valence-electron chi connectivity index (χ3n) is 2.66. The van der Waals surface area contributed by atoms with Gasteiger partial charge in [0.1, 0.15) is 5.03 Å². The molecule has 108 valence electrons. The van der Waals surface area contributed by atoms with E-state index in [9.17, 15) is 4.79 Å². The van der Waals surface area contributed by atoms with E-state index in [-0.39, 0.29) is 11.2 Å². The maximum absolute atomic E-state index is 11.3. The predicted molar refractivity (Wildman–Crippen MR) is 78.8 cm³/mol. The van der Waals surface area contributed by atoms with Gasteiger partial charge < -0.3 is 5.32 Å². The molecule has 0 aliphatic carbocycles. The van der Waals surface area contributed by atoms with Crippen LogP contribution < -0.4 is 11.0 Å². The standard InChI is InChI=1S/C13H19N5OS/c1-13(2,3)15-8-9-5-6-10(14-7-9)20-12-17-16-11(19)18(12)4/h5-7,15H,8H2,1-4H3,(H,16,19). The average molecular weight is 293 g/mol. The molecule has 2 heterocycles. The van der Waals surface area contributed by atoms with E-state index >= 15 is 0 Å². The number of aromatic amines is 1. The minimum atomic E-state index is -0.224. The van der Waals surface area contributed by atoms with Gasteiger partial charge in [0.2, 0.25) is 0 Å². The third-order valence-corrected chi connectivity index (χ3v) is 3.65. The molecule has 0 aliphatic heterocycles. The summed E-state index contributed by atoms with van der Waals surface area (Å²) in [5.74, 6) is 0. The van der Waals surface area contributed by atoms with Gasteiger partial charge in [-0.15, -0.1) is 5.10 Å². The Balaban J connectivity index is 2.01. The predicted octanol–water partition coefficient (Wildman–Crippen LogP) is 1.54. The molecule has 2 rings (SSSR count). The van der Waals surface area contributed by atoms with Crippen LogP contribution in [-0.4, -0.2) is 25.3 Å². The molecule has 20 heavy (non-hydrogen) atoms. The Morgan fingerprint density at radius 3 is 2.65 bits per heavy atom. The van der Waals surface area contributed by atoms with Crippen LogP contribution in [0.2, 0.25) is 0 Å². The van der Waals surface area contributed by atoms with E-state index in [0.29, 0.717) is 5.16 Å². The van der Waals surface area contributed by atoms with Gasteiger partial charge in [-0.2, -0.15) is 0 Å². The minimum Gasteiger partial charge on any atom is -0.308 e. The summed E-state index contributed by atoms with van der Waals surface area (Å²) >= 11 is 1.36. The molecule has 6 nitrogen and oxygen atoms in total. The lowest BCUT2D eigenvalue weighted by Crippen LogP contribution is -2.35. The van der Waals surface area contributed by atoms with Crippen molar-refractivity contribution in [1.82, 2.24) is 25.1 Å². The molecule has 0 bridgehead atoms. The van der Waals surface area contributed by atoms with Gasteiger partial charge in [0.05, 0.1) is 0 Å². The summed E-state index contributed by atoms with van der Waals surface area (Å²) in [4.78, 5) is 15.6. The summed E-state index contributed by atoms with van der Waals surface area (Å²) in [5.41, 5.74) is 0.986. The molecule has 0 aliphatic rings. The number of H-pyrrole nitrogens is 1. The fourth-order valence-corrected chi connectivity index (χ4v) is 2.20. The molecule has 2 aromatic rings. The van der Waals surface area contributed by atoms with Crippen LogP contribution in [-0.2, 0) is 13.6 Å². The highest BCUT2D eigenvalue weighted by Crippen LogP contribution is 2.22. The normalized spacial score (nSPS) is 11.8. The number of hydrogen-bond acceptors (Lipinski definition) is 5. The van der Waals surface area contributed by atoms with Crippen molar-refractivity contribution in [3.8, 4) is 0 Å². The van der Waals surface area contributed by atoms with E-state index in [1.807, 2.05) is 18.3 Å². The lowest BCUT2D eigenvalue weighted by molar-refractivity contribution is 0.424. The van der Waals surface area contributed by atoms with Crippen molar-refractivity contribution in [3.63, 3.8) is 0 Å². The van der Waals surface area contributed by atoms with E-state index in [2.05, 4.69) is 41.3 Å². The highest BCUT2D eigenvalue weighted by atomic mass is 32.2. The highest BCUT2D eigenvalue weighted by Gasteiger charge is 2.09. The van der Waals surface area contributed by atoms with Crippen molar-refractivity contribution >= 4 is 11.8 Å². The summed E-state index contributed by atoms with van der Waals surface area (Å²) in [5, 5.41) is 11.2. The lowest BCUT2D eigenvalue weighted by atomic mass is 10.1. The molecule has 7 heteroatoms. The molecule has 0 saturated carbocycles. The van der Waals surface area contributed by atoms with Gasteiger partial charge in [0, 0.05) is 25.3 Å². The number of rotatable bonds is 4. The SMILES string of the molecule is Cn1c(Sc2ccc(CNC(C)(C)C)cn2)n[nH]c1=O. The van der Waals surface area contributed by atoms with E-state index in [1.54, 1.807) is 7.05 Å². The second kappa shape index (κ2) is 5.80. The van der Waals surface area contributed by atoms with Crippen LogP contribution in [0.1, 0.15) is 26.3 Å². The van der Waals surface area contributed by atoms with Gasteiger partial charge in [-0.3, -0.25) is 4.57 Å². The molecule has 2 aromatic heterocycles. The average Bonchev–Trinajstić information content (AvgIpc) is 2.69. The van der Waals surface area contributed by atoms with Gasteiger partial charge >= 0.3 is 5.69 Å². The fourth-order valence-electron chi connectivity index (χ4n) is 1.46. The van der Waals surface area contributed by atoms with Crippen molar-refractivity contribution < 1.29 is 0 Å². The quantitative estimate of drug-likeness (QED) is 0.894. The van der Waals surface area contributed by atoms with Crippen molar-refractivity contribution in [2.45, 2.75) is 43.0 Å². The Morgan fingerprint density at radius 2 is 2.15 bits per heavy atom. The minimum absolute atomic E-state index is 0.0841. The van der Waals surface area contributed by atoms with E-state index in [4.69, 9.17) is 0 Å². The summed E-state index contributed by atoms with van der Waals surface area (Å²) < 4.78 is 1.46. The number of pyridine rings is 1. The summed E-state index contributed by atoms with van der Waals surface area (Å²) in [7, 11) is 1.68. The van der Waals surface area contributed by atoms with Crippen LogP contribution in [0.25, 0.3) is 0 Å². The van der Waals surface area contributed by atoms with Gasteiger partial charge in [0.15, 0.2) is 5.16 Å². The van der Waals surface area contributed by atoms with Crippen molar-refractivity contribution in [3.05, 3.63) is 34.4 Å². The molecule has 2 N–H and O–H groups in total. The molecule has 0 radical (unpaired) electrons. The summed E-state index contributed by atoms with van der Waals surface area (Å²) in [6.07, 6.45) is 1.84. The second-order valence-electron chi connectivity index (χ2n) is 5.58. The first-order valence-corrected chi connectivity index (χ1v) is 7.16. The smallest absolute Gasteiger partial charge is 0.308 e. The van der Waals surface area contributed by atoms with Gasteiger partial charge in [-0.25, -0.2) is 14.9 Å². The number of aromatic nitrogens is 4. The van der Waals surface area contributed by atoms with Crippen LogP contribution >= 0.6 is 11.8 Å². The Hall–Kier alpha value is -1.60. The summed E-state index contributed by atoms with van der Waals surface area (Å²) in [6.45, 7) is 7.16. The van der Waals surface area contributed by atoms with E-state index in [0.717, 1.165) is 17.1 Å². The monoisotopic (exact) mass is 293 g/mol. The maximum Gasteiger partial charge on any atom is 0.343 e. The Kier molecular flexibility index (Phi) is 4.29. The second-order valence-corrected chi connectivity index (χ2v) is 6.57. The van der Waals surface area contributed by atoms with Crippen molar-refractivity contribution in [2.75, 3.05) is 0 Å². The molecule has 0 fully saturated rings. The molecular weight excluding hydrogens is 274 g/mol. The van der Waals surface area contributed by atoms with Gasteiger partial charge in [-0.05, 0) is 44.2 Å². The molecule has 0 unspecified atom stereocenters. The molecule has 0 saturated heterocycles. The number of hydrogen-bond donors (Lipinski definition) is 2. The van der Waals surface area contributed by atoms with Crippen LogP contribution in [0, 0.1) is 0 Å². The number of nitrogens with one attached hydrogen (secondary N) is 2. The highest BCUT2D eigenvalue weighted by molar-refractivity contribution is 7.99. The fraction of sp³-hybridized carbons (Fsp3) is 0.462. The number of nitrogens with zero attached hydrogens (tertiary/aromatic N) is 3. The third kappa shape index (κ3) is 3.94. The Bertz CT molecular complexity index is 623. The van der Waals surface area contributed by atoms with E-state index in [1.165, 1.54) is 16.3 Å². The largest absolute Gasteiger partial charge is 0.343 e. The van der Waals surface area contributed by atoms with Crippen molar-refractivity contribution in [2.24, 2.45) is 7.05 Å². The van der Waals surface area contributed by atoms with Crippen LogP contribution in [0.4, 0.5) is 0 Å². The Labute approximate surface area is 122 Å². The molecule has 0 atom stereocenters. The van der Waals surface area contributed by atoms with Gasteiger partial charge in [0.25, 0.3) is 0 Å². The van der Waals surface area contributed by atoms with Gasteiger partial charge in [-0.1, -0.05) is 6.07 Å². The zero-order chi connectivity index (χ0) is 14.8. The van der Waals surface area contributed by atoms with Crippen molar-refractivity contribution in [1.29, 1.82) is 0 Å². The Morgan fingerprint density at radius 1 is 1.40 bits per heavy atom. The summed E-state index contributed by atoms with van der Waals surface area (Å²) in [6, 6.07) is 3.96. The van der Waals surface area contributed by atoms with Crippen LogP contribution in [0.3, 0.4) is 0 Å². The van der Waals surface area contributed by atoms with Crippen LogP contribution in [0.15, 0.2) is 33.3 Å². The first kappa shape index (κ1) is 14.8. The lowest BCUT2D eigenvalue weighted by Gasteiger charge is -2.20. The molecule has 0 aromatic carbocycles. The topological polar surface area (TPSA) is 75.6 Å². The molecular formula is C13H19N5OS.